The van der Waals surface area contributed by atoms with Gasteiger partial charge in [0.05, 0.1) is 68.8 Å². The number of carboxylic acids is 4. The molecule has 0 saturated heterocycles. The third-order valence-electron chi connectivity index (χ3n) is 17.5. The quantitative estimate of drug-likeness (QED) is 0.0233. The first-order valence-electron chi connectivity index (χ1n) is 35.7. The summed E-state index contributed by atoms with van der Waals surface area (Å²) >= 11 is 3.89. The second-order valence-electron chi connectivity index (χ2n) is 26.4. The zero-order valence-electron chi connectivity index (χ0n) is 62.0. The van der Waals surface area contributed by atoms with Crippen LogP contribution in [0.5, 0.6) is 0 Å². The van der Waals surface area contributed by atoms with E-state index in [9.17, 15) is 164 Å². The molecule has 0 unspecified atom stereocenters. The van der Waals surface area contributed by atoms with Gasteiger partial charge in [-0.25, -0.2) is 19.6 Å². The number of aliphatic carboxylic acids is 4. The number of aliphatic hydroxyl groups is 14. The van der Waals surface area contributed by atoms with Crippen molar-refractivity contribution in [3.05, 3.63) is 52.1 Å². The number of nitrogen functional groups attached to an aromatic ring is 1. The Labute approximate surface area is 662 Å². The monoisotopic (exact) mass is 1680 g/mol. The van der Waals surface area contributed by atoms with Crippen LogP contribution in [-0.2, 0) is 68.9 Å². The molecule has 3 rings (SSSR count). The molecule has 0 aliphatic carbocycles. The Morgan fingerprint density at radius 2 is 0.793 bits per heavy atom. The molecule has 50 heteroatoms. The van der Waals surface area contributed by atoms with Gasteiger partial charge in [0.15, 0.2) is 11.2 Å². The van der Waals surface area contributed by atoms with Crippen LogP contribution in [0.3, 0.4) is 0 Å². The number of anilines is 2. The first-order valence-corrected chi connectivity index (χ1v) is 36.3. The number of carbonyl (C=O) groups excluding carboxylic acids is 10. The maximum absolute atomic E-state index is 14.6. The first kappa shape index (κ1) is 99.6. The number of H-pyrrole nitrogens is 1. The summed E-state index contributed by atoms with van der Waals surface area (Å²) in [6.07, 6.45) is -31.2. The van der Waals surface area contributed by atoms with Crippen LogP contribution in [-0.4, -0.2) is 349 Å². The molecule has 0 radical (unpaired) electrons. The van der Waals surface area contributed by atoms with Gasteiger partial charge in [0, 0.05) is 81.1 Å². The minimum Gasteiger partial charge on any atom is -0.481 e. The Hall–Kier alpha value is -10.6. The highest BCUT2D eigenvalue weighted by Crippen LogP contribution is 2.17. The van der Waals surface area contributed by atoms with Crippen LogP contribution < -0.4 is 69.8 Å². The molecular weight excluding hydrogens is 1580 g/mol. The lowest BCUT2D eigenvalue weighted by Gasteiger charge is -2.28. The van der Waals surface area contributed by atoms with Crippen molar-refractivity contribution in [1.29, 1.82) is 0 Å². The summed E-state index contributed by atoms with van der Waals surface area (Å²) in [6.45, 7) is -4.27. The van der Waals surface area contributed by atoms with Crippen LogP contribution in [0.15, 0.2) is 35.3 Å². The van der Waals surface area contributed by atoms with Crippen molar-refractivity contribution in [3.63, 3.8) is 0 Å². The van der Waals surface area contributed by atoms with Gasteiger partial charge in [0.2, 0.25) is 59.1 Å². The summed E-state index contributed by atoms with van der Waals surface area (Å²) in [6, 6.07) is -8.87. The van der Waals surface area contributed by atoms with E-state index in [2.05, 4.69) is 91.0 Å². The fourth-order valence-corrected chi connectivity index (χ4v) is 10.7. The number of aromatic amines is 1. The number of nitrogens with one attached hydrogen (secondary N) is 12. The lowest BCUT2D eigenvalue weighted by Crippen LogP contribution is -2.59. The number of thiol groups is 1. The third kappa shape index (κ3) is 34.1. The number of hydrogen-bond donors (Lipinski definition) is 32. The van der Waals surface area contributed by atoms with Crippen molar-refractivity contribution in [1.82, 2.24) is 73.1 Å². The standard InChI is InChI=1S/C66H100N16O33S/c1-27(41(89)23-83)51(100)38(86)20-69-45(93)14-8-33(62(110)80-37(26-116)65(114)115)76-61(109)35(11-17-49(98)99)78-59(107)32(7-13-46(94)71-22-40(88)53(102)55(104)43(91)25-85)75-60(108)34(10-16-48(96)97)77-58(106)31(6-12-44(92)70-21-39(87)52(101)54(103)42(90)24-84)74-47(95)15-9-36(64(112)113)79-57(105)28-2-4-29(5-3-28)68-18-30-19-72-56-50(73-30)63(111)82-66(67)81-56/h2-5,19,27,31-43,51-55,68,83-91,100-104,116H,6-18,20-26H2,1H3,(H,69,93)(H,70,92)(H,71,94)(H,74,95)(H,75,108)(H,76,109)(H,77,106)(H,78,107)(H,79,105)(H,80,110)(H,96,97)(H,98,99)(H,112,113)(H,114,115)(H3,67,72,81,82,111)/t27-,31+,32+,33+,34-,35-,36+,37-,38+,39+,40+,41-,42-,43-,51+,52-,53-,54-,55-/m1/s1. The van der Waals surface area contributed by atoms with Crippen molar-refractivity contribution in [2.45, 2.75) is 200 Å². The van der Waals surface area contributed by atoms with Gasteiger partial charge in [-0.3, -0.25) is 67.3 Å². The Morgan fingerprint density at radius 1 is 0.440 bits per heavy atom. The summed E-state index contributed by atoms with van der Waals surface area (Å²) in [7, 11) is 0. The zero-order valence-corrected chi connectivity index (χ0v) is 62.9. The molecule has 3 aromatic rings. The van der Waals surface area contributed by atoms with Gasteiger partial charge in [-0.2, -0.15) is 17.6 Å². The summed E-state index contributed by atoms with van der Waals surface area (Å²) in [4.78, 5) is 214. The summed E-state index contributed by atoms with van der Waals surface area (Å²) < 4.78 is 0. The van der Waals surface area contributed by atoms with Crippen LogP contribution in [0.2, 0.25) is 0 Å². The van der Waals surface area contributed by atoms with E-state index >= 15 is 0 Å². The van der Waals surface area contributed by atoms with Gasteiger partial charge in [0.1, 0.15) is 78.9 Å². The lowest BCUT2D eigenvalue weighted by molar-refractivity contribution is -0.142. The maximum atomic E-state index is 14.6. The van der Waals surface area contributed by atoms with Crippen LogP contribution >= 0.6 is 12.6 Å². The van der Waals surface area contributed by atoms with Crippen molar-refractivity contribution in [3.8, 4) is 0 Å². The topological polar surface area (TPSA) is 833 Å². The zero-order chi connectivity index (χ0) is 87.4. The molecule has 0 saturated carbocycles. The van der Waals surface area contributed by atoms with Crippen LogP contribution in [0.25, 0.3) is 11.2 Å². The van der Waals surface area contributed by atoms with E-state index in [0.717, 1.165) is 0 Å². The summed E-state index contributed by atoms with van der Waals surface area (Å²) in [5.74, 6) is -21.4. The number of aliphatic hydroxyl groups excluding tert-OH is 14. The highest BCUT2D eigenvalue weighted by Gasteiger charge is 2.38. The van der Waals surface area contributed by atoms with Crippen molar-refractivity contribution in [2.75, 3.05) is 56.3 Å². The molecular formula is C66H100N16O33S. The Kier molecular flexibility index (Phi) is 42.9. The molecule has 2 heterocycles. The summed E-state index contributed by atoms with van der Waals surface area (Å²) in [5.41, 5.74) is 5.38. The average Bonchev–Trinajstić information content (AvgIpc) is 0.832. The number of hydrogen-bond acceptors (Lipinski definition) is 35. The molecule has 0 aliphatic rings. The Bertz CT molecular complexity index is 3870. The van der Waals surface area contributed by atoms with E-state index in [1.54, 1.807) is 0 Å². The SMILES string of the molecule is C[C@@H]([C@H](O)[C@@H](O)CNC(=O)CC[C@H](NC(=O)[C@@H](CCC(=O)O)NC(=O)[C@H](CCC(=O)NC[C@H](O)[C@@H](O)[C@H](O)[C@H](O)CO)NC(=O)[C@@H](CCC(=O)O)NC(=O)[C@H](CCC(=O)NC[C@H](O)[C@@H](O)[C@H](O)[C@H](O)CO)NC(=O)CC[C@H](NC(=O)c1ccc(NCc2cnc3nc(N)[nH]c(=O)c3n2)cc1)C(=O)O)C(=O)N[C@H](CS)C(=O)O)[C@H](O)CO. The molecule has 2 aromatic heterocycles. The Balaban J connectivity index is 2.05. The maximum Gasteiger partial charge on any atom is 0.327 e. The van der Waals surface area contributed by atoms with Crippen LogP contribution in [0, 0.1) is 5.92 Å². The molecule has 116 heavy (non-hydrogen) atoms. The van der Waals surface area contributed by atoms with E-state index < -0.39 is 326 Å². The van der Waals surface area contributed by atoms with Crippen molar-refractivity contribution in [2.24, 2.45) is 5.92 Å². The second kappa shape index (κ2) is 50.0. The molecule has 49 nitrogen and oxygen atoms in total. The number of carboxylic acid groups (broad SMARTS) is 4. The minimum absolute atomic E-state index is 0.00505. The number of nitrogens with two attached hydrogens (primary N) is 1. The van der Waals surface area contributed by atoms with E-state index in [4.69, 9.17) is 5.73 Å². The predicted octanol–water partition coefficient (Wildman–Crippen LogP) is -13.2. The predicted molar refractivity (Wildman–Crippen MR) is 394 cm³/mol. The highest BCUT2D eigenvalue weighted by molar-refractivity contribution is 7.80. The number of amides is 10. The molecule has 0 aliphatic heterocycles. The largest absolute Gasteiger partial charge is 0.481 e. The van der Waals surface area contributed by atoms with Crippen LogP contribution in [0.4, 0.5) is 11.6 Å². The van der Waals surface area contributed by atoms with Gasteiger partial charge in [-0.05, 0) is 62.8 Å². The van der Waals surface area contributed by atoms with Gasteiger partial charge in [-0.15, -0.1) is 0 Å². The number of carbonyl (C=O) groups is 14. The molecule has 10 amide bonds. The molecule has 19 atom stereocenters. The van der Waals surface area contributed by atoms with Gasteiger partial charge in [-0.1, -0.05) is 6.92 Å². The molecule has 0 spiro atoms. The van der Waals surface area contributed by atoms with E-state index in [1.807, 2.05) is 0 Å². The van der Waals surface area contributed by atoms with E-state index in [0.29, 0.717) is 5.69 Å². The second-order valence-corrected chi connectivity index (χ2v) is 26.8. The number of nitrogens with zero attached hydrogens (tertiary/aromatic N) is 3. The van der Waals surface area contributed by atoms with Gasteiger partial charge < -0.3 is 156 Å². The van der Waals surface area contributed by atoms with Crippen LogP contribution in [0.1, 0.15) is 100 Å². The smallest absolute Gasteiger partial charge is 0.327 e. The normalized spacial score (nSPS) is 16.3. The average molecular weight is 1680 g/mol. The van der Waals surface area contributed by atoms with E-state index in [1.165, 1.54) is 37.4 Å². The van der Waals surface area contributed by atoms with Gasteiger partial charge in [0.25, 0.3) is 11.5 Å². The molecule has 32 N–H and O–H groups in total. The van der Waals surface area contributed by atoms with Gasteiger partial charge >= 0.3 is 23.9 Å². The van der Waals surface area contributed by atoms with Crippen molar-refractivity contribution >= 4 is 118 Å². The molecule has 0 fully saturated rings. The number of benzene rings is 1. The first-order chi connectivity index (χ1) is 54.5. The number of aromatic nitrogens is 4. The Morgan fingerprint density at radius 3 is 1.17 bits per heavy atom. The summed E-state index contributed by atoms with van der Waals surface area (Å²) in [5, 5.41) is 204. The third-order valence-corrected chi connectivity index (χ3v) is 17.9. The van der Waals surface area contributed by atoms with Crippen molar-refractivity contribution < 1.29 is 159 Å². The molecule has 0 bridgehead atoms. The lowest BCUT2D eigenvalue weighted by atomic mass is 9.94. The minimum atomic E-state index is -2.23. The number of rotatable bonds is 55. The fourth-order valence-electron chi connectivity index (χ4n) is 10.4. The van der Waals surface area contributed by atoms with E-state index in [-0.39, 0.29) is 34.9 Å². The fraction of sp³-hybridized carbons (Fsp3) is 0.606. The molecule has 648 valence electrons. The number of fused-ring (bicyclic) bond motifs is 1. The highest BCUT2D eigenvalue weighted by atomic mass is 32.1. The molecule has 1 aromatic carbocycles.